The van der Waals surface area contributed by atoms with Crippen LogP contribution in [0.5, 0.6) is 0 Å². The van der Waals surface area contributed by atoms with Gasteiger partial charge in [0.2, 0.25) is 0 Å². The molecule has 0 saturated heterocycles. The van der Waals surface area contributed by atoms with Crippen LogP contribution in [0.25, 0.3) is 5.95 Å². The van der Waals surface area contributed by atoms with Crippen LogP contribution < -0.4 is 4.68 Å². The van der Waals surface area contributed by atoms with Crippen molar-refractivity contribution in [1.82, 2.24) is 15.1 Å². The summed E-state index contributed by atoms with van der Waals surface area (Å²) in [5.41, 5.74) is 0. The molecule has 0 N–H and O–H groups in total. The molecule has 0 bridgehead atoms. The van der Waals surface area contributed by atoms with Crippen molar-refractivity contribution in [2.24, 2.45) is 0 Å². The average molecular weight is 159 g/mol. The maximum Gasteiger partial charge on any atom is 0.456 e. The van der Waals surface area contributed by atoms with E-state index in [1.165, 1.54) is 0 Å². The van der Waals surface area contributed by atoms with Crippen molar-refractivity contribution in [2.75, 3.05) is 0 Å². The van der Waals surface area contributed by atoms with Gasteiger partial charge < -0.3 is 0 Å². The Hall–Kier alpha value is -1.84. The smallest absolute Gasteiger partial charge is 0.114 e. The highest BCUT2D eigenvalue weighted by atomic mass is 15.3. The van der Waals surface area contributed by atoms with Crippen molar-refractivity contribution >= 4 is 0 Å². The highest BCUT2D eigenvalue weighted by molar-refractivity contribution is 4.93. The Kier molecular flexibility index (Phi) is 1.74. The molecule has 0 saturated carbocycles. The molecule has 4 nitrogen and oxygen atoms in total. The molecule has 0 atom stereocenters. The third kappa shape index (κ3) is 1.27. The molecule has 0 amide bonds. The van der Waals surface area contributed by atoms with Gasteiger partial charge in [-0.15, -0.1) is 9.78 Å². The first-order chi connectivity index (χ1) is 5.97. The summed E-state index contributed by atoms with van der Waals surface area (Å²) in [6, 6.07) is 5.50. The minimum absolute atomic E-state index is 0.582. The van der Waals surface area contributed by atoms with Gasteiger partial charge in [0.05, 0.1) is 12.4 Å². The van der Waals surface area contributed by atoms with Gasteiger partial charge in [-0.3, -0.25) is 0 Å². The van der Waals surface area contributed by atoms with E-state index >= 15 is 0 Å². The lowest BCUT2D eigenvalue weighted by atomic mass is 10.6. The van der Waals surface area contributed by atoms with Crippen LogP contribution in [0.2, 0.25) is 0 Å². The number of hydrogen-bond donors (Lipinski definition) is 0. The van der Waals surface area contributed by atoms with Gasteiger partial charge >= 0.3 is 5.95 Å². The minimum atomic E-state index is 0.582. The lowest BCUT2D eigenvalue weighted by molar-refractivity contribution is -0.667. The van der Waals surface area contributed by atoms with E-state index < -0.39 is 0 Å². The SMILES string of the molecule is c1cnc(-[n+]2ccccn2)nc1. The van der Waals surface area contributed by atoms with E-state index in [0.717, 1.165) is 0 Å². The van der Waals surface area contributed by atoms with Gasteiger partial charge in [-0.2, -0.15) is 0 Å². The number of hydrogen-bond acceptors (Lipinski definition) is 3. The van der Waals surface area contributed by atoms with Crippen LogP contribution in [0, 0.1) is 0 Å². The molecule has 2 aromatic heterocycles. The van der Waals surface area contributed by atoms with E-state index in [-0.39, 0.29) is 0 Å². The molecule has 2 rings (SSSR count). The Morgan fingerprint density at radius 2 is 1.75 bits per heavy atom. The predicted octanol–water partition coefficient (Wildman–Crippen LogP) is 0.148. The van der Waals surface area contributed by atoms with Crippen molar-refractivity contribution in [3.05, 3.63) is 43.0 Å². The molecule has 0 fully saturated rings. The molecule has 0 aromatic carbocycles. The summed E-state index contributed by atoms with van der Waals surface area (Å²) in [7, 11) is 0. The Morgan fingerprint density at radius 3 is 2.42 bits per heavy atom. The zero-order valence-electron chi connectivity index (χ0n) is 6.33. The molecule has 2 heterocycles. The second-order valence-electron chi connectivity index (χ2n) is 2.19. The monoisotopic (exact) mass is 159 g/mol. The Balaban J connectivity index is 2.46. The van der Waals surface area contributed by atoms with Crippen LogP contribution >= 0.6 is 0 Å². The molecule has 0 aliphatic rings. The third-order valence-electron chi connectivity index (χ3n) is 1.37. The summed E-state index contributed by atoms with van der Waals surface area (Å²) in [4.78, 5) is 8.08. The van der Waals surface area contributed by atoms with Crippen LogP contribution in [0.4, 0.5) is 0 Å². The summed E-state index contributed by atoms with van der Waals surface area (Å²) in [6.07, 6.45) is 6.86. The van der Waals surface area contributed by atoms with Gasteiger partial charge in [-0.05, 0) is 12.1 Å². The van der Waals surface area contributed by atoms with Gasteiger partial charge in [-0.1, -0.05) is 9.97 Å². The molecule has 58 valence electrons. The third-order valence-corrected chi connectivity index (χ3v) is 1.37. The van der Waals surface area contributed by atoms with Gasteiger partial charge in [0.1, 0.15) is 12.4 Å². The highest BCUT2D eigenvalue weighted by Gasteiger charge is 2.06. The number of nitrogens with zero attached hydrogens (tertiary/aromatic N) is 4. The van der Waals surface area contributed by atoms with Crippen LogP contribution in [0.15, 0.2) is 43.0 Å². The second kappa shape index (κ2) is 3.04. The van der Waals surface area contributed by atoms with Crippen LogP contribution in [-0.4, -0.2) is 15.1 Å². The van der Waals surface area contributed by atoms with Gasteiger partial charge in [0.15, 0.2) is 0 Å². The van der Waals surface area contributed by atoms with E-state index in [9.17, 15) is 0 Å². The Bertz CT molecular complexity index is 308. The standard InChI is InChI=1S/C8H7N4/c1-2-7-12(11-6-1)8-9-4-3-5-10-8/h1-7H/q+1. The summed E-state index contributed by atoms with van der Waals surface area (Å²) in [5.74, 6) is 0.582. The first-order valence-corrected chi connectivity index (χ1v) is 3.57. The molecule has 2 aromatic rings. The predicted molar refractivity (Wildman–Crippen MR) is 41.4 cm³/mol. The fourth-order valence-electron chi connectivity index (χ4n) is 0.858. The van der Waals surface area contributed by atoms with E-state index in [0.29, 0.717) is 5.95 Å². The van der Waals surface area contributed by atoms with E-state index in [2.05, 4.69) is 15.1 Å². The molecule has 12 heavy (non-hydrogen) atoms. The summed E-state index contributed by atoms with van der Waals surface area (Å²) < 4.78 is 1.61. The zero-order chi connectivity index (χ0) is 8.23. The lowest BCUT2D eigenvalue weighted by Crippen LogP contribution is -2.36. The van der Waals surface area contributed by atoms with Gasteiger partial charge in [-0.25, -0.2) is 0 Å². The van der Waals surface area contributed by atoms with Crippen molar-refractivity contribution in [3.63, 3.8) is 0 Å². The number of rotatable bonds is 1. The molecular formula is C8H7N4+. The maximum atomic E-state index is 4.04. The second-order valence-corrected chi connectivity index (χ2v) is 2.19. The Labute approximate surface area is 69.5 Å². The number of aromatic nitrogens is 4. The van der Waals surface area contributed by atoms with Gasteiger partial charge in [0, 0.05) is 6.07 Å². The molecule has 0 unspecified atom stereocenters. The lowest BCUT2D eigenvalue weighted by Gasteiger charge is -1.89. The first-order valence-electron chi connectivity index (χ1n) is 3.57. The quantitative estimate of drug-likeness (QED) is 0.556. The summed E-state index contributed by atoms with van der Waals surface area (Å²) in [5, 5.41) is 4.04. The fourth-order valence-corrected chi connectivity index (χ4v) is 0.858. The largest absolute Gasteiger partial charge is 0.456 e. The molecule has 0 aliphatic heterocycles. The zero-order valence-corrected chi connectivity index (χ0v) is 6.33. The minimum Gasteiger partial charge on any atom is -0.114 e. The molecule has 0 spiro atoms. The van der Waals surface area contributed by atoms with Crippen LogP contribution in [0.1, 0.15) is 0 Å². The molecule has 0 aliphatic carbocycles. The first kappa shape index (κ1) is 6.84. The van der Waals surface area contributed by atoms with Crippen LogP contribution in [0.3, 0.4) is 0 Å². The van der Waals surface area contributed by atoms with Crippen molar-refractivity contribution in [2.45, 2.75) is 0 Å². The van der Waals surface area contributed by atoms with E-state index in [1.54, 1.807) is 35.5 Å². The average Bonchev–Trinajstić information content (AvgIpc) is 2.21. The summed E-state index contributed by atoms with van der Waals surface area (Å²) >= 11 is 0. The maximum absolute atomic E-state index is 4.04. The topological polar surface area (TPSA) is 42.5 Å². The van der Waals surface area contributed by atoms with Crippen molar-refractivity contribution in [3.8, 4) is 5.95 Å². The Morgan fingerprint density at radius 1 is 0.917 bits per heavy atom. The van der Waals surface area contributed by atoms with E-state index in [4.69, 9.17) is 0 Å². The molecule has 0 radical (unpaired) electrons. The fraction of sp³-hybridized carbons (Fsp3) is 0. The highest BCUT2D eigenvalue weighted by Crippen LogP contribution is 1.83. The van der Waals surface area contributed by atoms with Gasteiger partial charge in [0.25, 0.3) is 0 Å². The summed E-state index contributed by atoms with van der Waals surface area (Å²) in [6.45, 7) is 0. The van der Waals surface area contributed by atoms with Crippen molar-refractivity contribution in [1.29, 1.82) is 0 Å². The normalized spacial score (nSPS) is 9.67. The van der Waals surface area contributed by atoms with E-state index in [1.807, 2.05) is 12.1 Å². The van der Waals surface area contributed by atoms with Crippen LogP contribution in [-0.2, 0) is 0 Å². The van der Waals surface area contributed by atoms with Crippen molar-refractivity contribution < 1.29 is 4.68 Å². The molecular weight excluding hydrogens is 152 g/mol. The molecule has 4 heteroatoms.